The Bertz CT molecular complexity index is 298. The van der Waals surface area contributed by atoms with Crippen LogP contribution in [0, 0.1) is 0 Å². The average Bonchev–Trinajstić information content (AvgIpc) is 2.34. The number of hydrogen-bond acceptors (Lipinski definition) is 0. The second-order valence-corrected chi connectivity index (χ2v) is 2.75. The van der Waals surface area contributed by atoms with E-state index in [0.717, 1.165) is 6.42 Å². The Kier molecular flexibility index (Phi) is 5.07. The van der Waals surface area contributed by atoms with Gasteiger partial charge in [0.25, 0.3) is 0 Å². The predicted molar refractivity (Wildman–Crippen MR) is 46.0 cm³/mol. The smallest absolute Gasteiger partial charge is 1.00 e. The van der Waals surface area contributed by atoms with Gasteiger partial charge in [0.2, 0.25) is 0 Å². The van der Waals surface area contributed by atoms with E-state index in [1.807, 2.05) is 0 Å². The van der Waals surface area contributed by atoms with Crippen molar-refractivity contribution < 1.29 is 40.6 Å². The fourth-order valence-corrected chi connectivity index (χ4v) is 1.46. The van der Waals surface area contributed by atoms with E-state index in [-0.39, 0.29) is 40.6 Å². The molecule has 0 amide bonds. The summed E-state index contributed by atoms with van der Waals surface area (Å²) in [5, 5.41) is 0. The zero-order valence-electron chi connectivity index (χ0n) is 10.1. The minimum atomic E-state index is 0. The Morgan fingerprint density at radius 1 is 1.17 bits per heavy atom. The molecule has 0 aliphatic heterocycles. The monoisotopic (exact) mass is 146 g/mol. The summed E-state index contributed by atoms with van der Waals surface area (Å²) in [5.41, 5.74) is 4.33. The van der Waals surface area contributed by atoms with Crippen LogP contribution in [0.25, 0.3) is 5.57 Å². The van der Waals surface area contributed by atoms with E-state index >= 15 is 0 Å². The zero-order valence-corrected chi connectivity index (χ0v) is 8.09. The molecule has 0 saturated heterocycles. The first-order chi connectivity index (χ1) is 4.88. The summed E-state index contributed by atoms with van der Waals surface area (Å²) in [6.07, 6.45) is 3.41. The van der Waals surface area contributed by atoms with Crippen LogP contribution in [-0.4, -0.2) is 0 Å². The molecule has 0 bridgehead atoms. The van der Waals surface area contributed by atoms with E-state index in [1.165, 1.54) is 16.7 Å². The fourth-order valence-electron chi connectivity index (χ4n) is 1.46. The molecule has 0 aromatic heterocycles. The van der Waals surface area contributed by atoms with Crippen molar-refractivity contribution in [3.8, 4) is 0 Å². The summed E-state index contributed by atoms with van der Waals surface area (Å²) < 4.78 is 0. The van der Waals surface area contributed by atoms with Crippen LogP contribution in [0.4, 0.5) is 0 Å². The number of allylic oxidation sites excluding steroid dienone is 2. The Balaban J connectivity index is -0.000000302. The molecule has 0 saturated carbocycles. The molecule has 0 radical (unpaired) electrons. The van der Waals surface area contributed by atoms with Gasteiger partial charge < -0.3 is 2.85 Å². The average molecular weight is 146 g/mol. The zero-order chi connectivity index (χ0) is 6.97. The Morgan fingerprint density at radius 2 is 1.83 bits per heavy atom. The molecule has 1 aromatic carbocycles. The second kappa shape index (κ2) is 5.01. The van der Waals surface area contributed by atoms with E-state index in [2.05, 4.69) is 37.3 Å². The van der Waals surface area contributed by atoms with Crippen molar-refractivity contribution in [2.45, 2.75) is 13.3 Å². The number of hydrogen-bond donors (Lipinski definition) is 0. The van der Waals surface area contributed by atoms with Crippen molar-refractivity contribution >= 4 is 5.57 Å². The molecular formula is C10H12Li2. The van der Waals surface area contributed by atoms with Crippen molar-refractivity contribution in [2.75, 3.05) is 0 Å². The SMILES string of the molecule is CC1=CCc2ccccc21.[H-].[H-].[Li+].[Li+]. The van der Waals surface area contributed by atoms with E-state index < -0.39 is 0 Å². The molecule has 0 unspecified atom stereocenters. The Labute approximate surface area is 101 Å². The largest absolute Gasteiger partial charge is 1.00 e. The molecule has 0 spiro atoms. The van der Waals surface area contributed by atoms with E-state index in [4.69, 9.17) is 0 Å². The molecule has 0 N–H and O–H groups in total. The van der Waals surface area contributed by atoms with Crippen LogP contribution >= 0.6 is 0 Å². The molecule has 1 aliphatic rings. The maximum Gasteiger partial charge on any atom is 1.00 e. The molecule has 12 heavy (non-hydrogen) atoms. The Hall–Kier alpha value is 0.155. The van der Waals surface area contributed by atoms with Gasteiger partial charge >= 0.3 is 37.7 Å². The van der Waals surface area contributed by atoms with Crippen LogP contribution in [0.5, 0.6) is 0 Å². The fraction of sp³-hybridized carbons (Fsp3) is 0.200. The van der Waals surface area contributed by atoms with Gasteiger partial charge in [-0.25, -0.2) is 0 Å². The summed E-state index contributed by atoms with van der Waals surface area (Å²) in [4.78, 5) is 0. The first-order valence-electron chi connectivity index (χ1n) is 3.63. The van der Waals surface area contributed by atoms with Crippen molar-refractivity contribution in [3.05, 3.63) is 41.5 Å². The van der Waals surface area contributed by atoms with Gasteiger partial charge in [-0.1, -0.05) is 30.3 Å². The quantitative estimate of drug-likeness (QED) is 0.340. The van der Waals surface area contributed by atoms with Gasteiger partial charge in [0.1, 0.15) is 0 Å². The predicted octanol–water partition coefficient (Wildman–Crippen LogP) is -3.12. The molecular weight excluding hydrogens is 134 g/mol. The van der Waals surface area contributed by atoms with Crippen molar-refractivity contribution in [2.24, 2.45) is 0 Å². The maximum absolute atomic E-state index is 2.28. The molecule has 54 valence electrons. The Morgan fingerprint density at radius 3 is 2.50 bits per heavy atom. The van der Waals surface area contributed by atoms with Crippen LogP contribution in [0.15, 0.2) is 30.3 Å². The summed E-state index contributed by atoms with van der Waals surface area (Å²) in [6, 6.07) is 8.59. The van der Waals surface area contributed by atoms with Crippen molar-refractivity contribution in [3.63, 3.8) is 0 Å². The van der Waals surface area contributed by atoms with Crippen LogP contribution in [0.3, 0.4) is 0 Å². The maximum atomic E-state index is 2.28. The third-order valence-electron chi connectivity index (χ3n) is 2.07. The topological polar surface area (TPSA) is 0 Å². The molecule has 0 nitrogen and oxygen atoms in total. The summed E-state index contributed by atoms with van der Waals surface area (Å²) in [5.74, 6) is 0. The van der Waals surface area contributed by atoms with Gasteiger partial charge in [-0.3, -0.25) is 0 Å². The molecule has 2 heteroatoms. The van der Waals surface area contributed by atoms with Crippen LogP contribution in [-0.2, 0) is 6.42 Å². The standard InChI is InChI=1S/C10H10.2Li.2H/c1-8-6-7-9-4-2-3-5-10(8)9;;;;/h2-6H,7H2,1H3;;;;/q;2*+1;2*-1. The number of fused-ring (bicyclic) bond motifs is 1. The molecule has 2 rings (SSSR count). The summed E-state index contributed by atoms with van der Waals surface area (Å²) in [6.45, 7) is 2.17. The van der Waals surface area contributed by atoms with E-state index in [0.29, 0.717) is 0 Å². The minimum Gasteiger partial charge on any atom is -1.00 e. The minimum absolute atomic E-state index is 0. The van der Waals surface area contributed by atoms with Gasteiger partial charge in [0.05, 0.1) is 0 Å². The molecule has 0 atom stereocenters. The summed E-state index contributed by atoms with van der Waals surface area (Å²) >= 11 is 0. The van der Waals surface area contributed by atoms with Gasteiger partial charge in [-0.15, -0.1) is 0 Å². The van der Waals surface area contributed by atoms with Gasteiger partial charge in [0.15, 0.2) is 0 Å². The van der Waals surface area contributed by atoms with Crippen LogP contribution in [0.1, 0.15) is 20.9 Å². The first kappa shape index (κ1) is 12.2. The van der Waals surface area contributed by atoms with E-state index in [1.54, 1.807) is 0 Å². The van der Waals surface area contributed by atoms with Gasteiger partial charge in [-0.05, 0) is 30.0 Å². The second-order valence-electron chi connectivity index (χ2n) is 2.75. The van der Waals surface area contributed by atoms with Crippen molar-refractivity contribution in [1.29, 1.82) is 0 Å². The number of rotatable bonds is 0. The van der Waals surface area contributed by atoms with E-state index in [9.17, 15) is 0 Å². The third kappa shape index (κ3) is 2.10. The first-order valence-corrected chi connectivity index (χ1v) is 3.63. The van der Waals surface area contributed by atoms with Crippen molar-refractivity contribution in [1.82, 2.24) is 0 Å². The normalized spacial score (nSPS) is 12.2. The van der Waals surface area contributed by atoms with Gasteiger partial charge in [-0.2, -0.15) is 0 Å². The molecule has 1 aromatic rings. The van der Waals surface area contributed by atoms with Crippen LogP contribution < -0.4 is 37.7 Å². The molecule has 1 aliphatic carbocycles. The molecule has 0 fully saturated rings. The molecule has 0 heterocycles. The number of benzene rings is 1. The van der Waals surface area contributed by atoms with Crippen LogP contribution in [0.2, 0.25) is 0 Å². The third-order valence-corrected chi connectivity index (χ3v) is 2.07. The summed E-state index contributed by atoms with van der Waals surface area (Å²) in [7, 11) is 0. The van der Waals surface area contributed by atoms with Gasteiger partial charge in [0, 0.05) is 0 Å².